The minimum atomic E-state index is -4.20. The third-order valence-electron chi connectivity index (χ3n) is 5.61. The number of aromatic nitrogens is 1. The second-order valence-electron chi connectivity index (χ2n) is 8.44. The third kappa shape index (κ3) is 8.11. The molecule has 0 amide bonds. The van der Waals surface area contributed by atoms with Crippen LogP contribution in [0.15, 0.2) is 56.1 Å². The van der Waals surface area contributed by atoms with Crippen molar-refractivity contribution in [2.24, 2.45) is 0 Å². The summed E-state index contributed by atoms with van der Waals surface area (Å²) in [5.74, 6) is -2.21. The van der Waals surface area contributed by atoms with Crippen molar-refractivity contribution in [1.29, 1.82) is 0 Å². The topological polar surface area (TPSA) is 206 Å². The molecule has 0 fully saturated rings. The molecule has 13 nitrogen and oxygen atoms in total. The van der Waals surface area contributed by atoms with E-state index in [0.29, 0.717) is 11.1 Å². The van der Waals surface area contributed by atoms with Crippen molar-refractivity contribution < 1.29 is 44.7 Å². The molecule has 0 bridgehead atoms. The van der Waals surface area contributed by atoms with Crippen LogP contribution in [-0.2, 0) is 20.2 Å². The molecule has 4 rings (SSSR count). The van der Waals surface area contributed by atoms with Gasteiger partial charge in [0, 0.05) is 30.2 Å². The summed E-state index contributed by atoms with van der Waals surface area (Å²) in [6.45, 7) is 4.25. The number of hydrogen-bond donors (Lipinski definition) is 3. The predicted octanol–water partition coefficient (Wildman–Crippen LogP) is 3.69. The van der Waals surface area contributed by atoms with E-state index in [-0.39, 0.29) is 59.6 Å². The minimum absolute atomic E-state index is 0.00755. The molecule has 0 unspecified atom stereocenters. The summed E-state index contributed by atoms with van der Waals surface area (Å²) in [4.78, 5) is 29.8. The van der Waals surface area contributed by atoms with Gasteiger partial charge in [-0.25, -0.2) is 14.6 Å². The number of rotatable bonds is 11. The Hall–Kier alpha value is -3.79. The van der Waals surface area contributed by atoms with Crippen LogP contribution in [0, 0.1) is 0 Å². The molecule has 0 radical (unpaired) electrons. The maximum absolute atomic E-state index is 12.8. The molecule has 0 saturated heterocycles. The first-order valence-corrected chi connectivity index (χ1v) is 15.4. The average Bonchev–Trinajstić information content (AvgIpc) is 3.30. The van der Waals surface area contributed by atoms with Crippen molar-refractivity contribution in [1.82, 2.24) is 4.98 Å². The molecule has 4 aromatic rings. The van der Waals surface area contributed by atoms with Gasteiger partial charge in [-0.3, -0.25) is 9.11 Å². The van der Waals surface area contributed by atoms with Crippen molar-refractivity contribution in [2.75, 3.05) is 29.5 Å². The summed E-state index contributed by atoms with van der Waals surface area (Å²) in [6, 6.07) is 10.4. The number of carboxylic acids is 1. The summed E-state index contributed by atoms with van der Waals surface area (Å²) in [5, 5.41) is 9.65. The van der Waals surface area contributed by atoms with Gasteiger partial charge in [0.1, 0.15) is 16.7 Å². The SMILES string of the molecule is CC.O=C(O)c1ccc2oc(-c3cc4ccc(N(CCCS(=O)(=O)O)CCCS(=O)(=O)O)cc4oc3=O)nc2c1. The fraction of sp³-hybridized carbons (Fsp3) is 0.320. The zero-order chi connectivity index (χ0) is 29.7. The lowest BCUT2D eigenvalue weighted by atomic mass is 10.1. The Bertz CT molecular complexity index is 1750. The molecular weight excluding hydrogens is 568 g/mol. The van der Waals surface area contributed by atoms with Crippen molar-refractivity contribution in [3.63, 3.8) is 0 Å². The van der Waals surface area contributed by atoms with E-state index in [1.54, 1.807) is 17.0 Å². The fourth-order valence-electron chi connectivity index (χ4n) is 3.87. The zero-order valence-corrected chi connectivity index (χ0v) is 23.2. The normalized spacial score (nSPS) is 11.8. The van der Waals surface area contributed by atoms with Crippen LogP contribution in [0.5, 0.6) is 0 Å². The molecule has 0 saturated carbocycles. The van der Waals surface area contributed by atoms with Crippen molar-refractivity contribution >= 4 is 54.0 Å². The first kappa shape index (κ1) is 30.7. The van der Waals surface area contributed by atoms with Crippen LogP contribution in [-0.4, -0.2) is 66.6 Å². The first-order chi connectivity index (χ1) is 18.8. The van der Waals surface area contributed by atoms with Gasteiger partial charge in [-0.15, -0.1) is 0 Å². The number of fused-ring (bicyclic) bond motifs is 2. The highest BCUT2D eigenvalue weighted by molar-refractivity contribution is 7.86. The second kappa shape index (κ2) is 12.6. The maximum Gasteiger partial charge on any atom is 0.349 e. The smallest absolute Gasteiger partial charge is 0.349 e. The predicted molar refractivity (Wildman–Crippen MR) is 148 cm³/mol. The van der Waals surface area contributed by atoms with E-state index < -0.39 is 43.3 Å². The van der Waals surface area contributed by atoms with Gasteiger partial charge in [0.05, 0.1) is 17.1 Å². The van der Waals surface area contributed by atoms with E-state index in [0.717, 1.165) is 0 Å². The number of hydrogen-bond acceptors (Lipinski definition) is 10. The highest BCUT2D eigenvalue weighted by Gasteiger charge is 2.18. The molecule has 2 heterocycles. The molecule has 0 aliphatic heterocycles. The number of aromatic carboxylic acids is 1. The number of anilines is 1. The zero-order valence-electron chi connectivity index (χ0n) is 21.6. The maximum atomic E-state index is 12.8. The van der Waals surface area contributed by atoms with Crippen molar-refractivity contribution in [2.45, 2.75) is 26.7 Å². The van der Waals surface area contributed by atoms with Crippen LogP contribution in [0.2, 0.25) is 0 Å². The Morgan fingerprint density at radius 3 is 2.08 bits per heavy atom. The van der Waals surface area contributed by atoms with Crippen LogP contribution in [0.3, 0.4) is 0 Å². The average molecular weight is 597 g/mol. The lowest BCUT2D eigenvalue weighted by molar-refractivity contribution is 0.0697. The third-order valence-corrected chi connectivity index (χ3v) is 7.22. The summed E-state index contributed by atoms with van der Waals surface area (Å²) >= 11 is 0. The number of benzene rings is 2. The quantitative estimate of drug-likeness (QED) is 0.167. The molecule has 2 aromatic heterocycles. The summed E-state index contributed by atoms with van der Waals surface area (Å²) < 4.78 is 73.5. The monoisotopic (exact) mass is 596 g/mol. The van der Waals surface area contributed by atoms with Gasteiger partial charge in [-0.1, -0.05) is 13.8 Å². The van der Waals surface area contributed by atoms with Crippen LogP contribution >= 0.6 is 0 Å². The van der Waals surface area contributed by atoms with Gasteiger partial charge in [-0.05, 0) is 49.2 Å². The minimum Gasteiger partial charge on any atom is -0.478 e. The molecule has 0 atom stereocenters. The molecule has 0 spiro atoms. The fourth-order valence-corrected chi connectivity index (χ4v) is 4.85. The molecule has 0 aliphatic rings. The van der Waals surface area contributed by atoms with Gasteiger partial charge in [0.2, 0.25) is 5.89 Å². The Morgan fingerprint density at radius 1 is 0.875 bits per heavy atom. The first-order valence-electron chi connectivity index (χ1n) is 12.2. The molecule has 216 valence electrons. The van der Waals surface area contributed by atoms with Crippen LogP contribution in [0.4, 0.5) is 5.69 Å². The Labute approximate surface area is 229 Å². The van der Waals surface area contributed by atoms with Gasteiger partial charge in [0.25, 0.3) is 20.2 Å². The summed E-state index contributed by atoms with van der Waals surface area (Å²) in [5.41, 5.74) is 0.441. The van der Waals surface area contributed by atoms with Crippen molar-refractivity contribution in [3.8, 4) is 11.5 Å². The lowest BCUT2D eigenvalue weighted by Gasteiger charge is -2.24. The van der Waals surface area contributed by atoms with Gasteiger partial charge in [0.15, 0.2) is 5.58 Å². The number of nitrogens with zero attached hydrogens (tertiary/aromatic N) is 2. The van der Waals surface area contributed by atoms with Crippen molar-refractivity contribution in [3.05, 3.63) is 58.4 Å². The Balaban J connectivity index is 0.00000216. The Morgan fingerprint density at radius 2 is 1.50 bits per heavy atom. The molecular formula is C25H28N2O11S2. The van der Waals surface area contributed by atoms with Crippen LogP contribution < -0.4 is 10.5 Å². The van der Waals surface area contributed by atoms with Crippen LogP contribution in [0.25, 0.3) is 33.5 Å². The molecule has 40 heavy (non-hydrogen) atoms. The van der Waals surface area contributed by atoms with E-state index in [9.17, 15) is 26.4 Å². The number of carbonyl (C=O) groups is 1. The van der Waals surface area contributed by atoms with Gasteiger partial charge >= 0.3 is 11.6 Å². The van der Waals surface area contributed by atoms with E-state index in [4.69, 9.17) is 23.0 Å². The highest BCUT2D eigenvalue weighted by Crippen LogP contribution is 2.28. The van der Waals surface area contributed by atoms with E-state index >= 15 is 0 Å². The highest BCUT2D eigenvalue weighted by atomic mass is 32.2. The van der Waals surface area contributed by atoms with Gasteiger partial charge < -0.3 is 18.8 Å². The standard InChI is InChI=1S/C23H22N2O11S2.C2H6/c26-22(27)15-4-6-19-18(12-15)24-21(35-19)17-11-14-3-5-16(13-20(14)36-23(17)28)25(7-1-9-37(29,30)31)8-2-10-38(32,33)34;1-2/h3-6,11-13H,1-2,7-10H2,(H,26,27)(H,29,30,31)(H,32,33,34);1-2H3. The summed E-state index contributed by atoms with van der Waals surface area (Å²) in [7, 11) is -8.40. The van der Waals surface area contributed by atoms with Crippen LogP contribution in [0.1, 0.15) is 37.0 Å². The molecule has 15 heteroatoms. The largest absolute Gasteiger partial charge is 0.478 e. The number of oxazole rings is 1. The molecule has 0 aliphatic carbocycles. The van der Waals surface area contributed by atoms with Gasteiger partial charge in [-0.2, -0.15) is 16.8 Å². The van der Waals surface area contributed by atoms with E-state index in [1.165, 1.54) is 30.3 Å². The Kier molecular flexibility index (Phi) is 9.68. The second-order valence-corrected chi connectivity index (χ2v) is 11.6. The van der Waals surface area contributed by atoms with E-state index in [1.807, 2.05) is 13.8 Å². The van der Waals surface area contributed by atoms with E-state index in [2.05, 4.69) is 4.98 Å². The number of carboxylic acid groups (broad SMARTS) is 1. The molecule has 2 aromatic carbocycles. The molecule has 3 N–H and O–H groups in total. The lowest BCUT2D eigenvalue weighted by Crippen LogP contribution is -2.28. The summed E-state index contributed by atoms with van der Waals surface area (Å²) in [6.07, 6.45) is 0.0693.